The van der Waals surface area contributed by atoms with Crippen LogP contribution in [0.1, 0.15) is 73.6 Å². The first-order valence-corrected chi connectivity index (χ1v) is 24.3. The summed E-state index contributed by atoms with van der Waals surface area (Å²) in [5.41, 5.74) is -0.539. The van der Waals surface area contributed by atoms with Crippen molar-refractivity contribution in [1.29, 1.82) is 0 Å². The van der Waals surface area contributed by atoms with Gasteiger partial charge < -0.3 is 32.0 Å². The highest BCUT2D eigenvalue weighted by molar-refractivity contribution is 7.87. The molecule has 1 aromatic rings. The van der Waals surface area contributed by atoms with Gasteiger partial charge in [-0.15, -0.1) is 11.5 Å². The Bertz CT molecular complexity index is 1470. The summed E-state index contributed by atoms with van der Waals surface area (Å²) in [7, 11) is -5.27. The average Bonchev–Trinajstić information content (AvgIpc) is 3.44. The van der Waals surface area contributed by atoms with Crippen LogP contribution < -0.4 is 4.18 Å². The van der Waals surface area contributed by atoms with E-state index in [4.69, 9.17) is 27.8 Å². The number of methoxy groups -OCH3 is 3. The lowest BCUT2D eigenvalue weighted by Crippen LogP contribution is -2.57. The van der Waals surface area contributed by atoms with Crippen LogP contribution in [-0.4, -0.2) is 86.8 Å². The number of allylic oxidation sites excluding steroid dienone is 2. The van der Waals surface area contributed by atoms with Gasteiger partial charge in [-0.3, -0.25) is 0 Å². The van der Waals surface area contributed by atoms with Crippen molar-refractivity contribution in [2.75, 3.05) is 21.3 Å². The Morgan fingerprint density at radius 2 is 1.71 bits per heavy atom. The molecule has 0 unspecified atom stereocenters. The summed E-state index contributed by atoms with van der Waals surface area (Å²) in [5, 5.41) is 0. The number of ether oxygens (including phenoxy) is 4. The topological polar surface area (TPSA) is 116 Å². The highest BCUT2D eigenvalue weighted by Crippen LogP contribution is 2.45. The molecular weight excluding hydrogens is 724 g/mol. The Balaban J connectivity index is 2.57. The fourth-order valence-corrected chi connectivity index (χ4v) is 13.2. The Morgan fingerprint density at radius 3 is 2.20 bits per heavy atom. The van der Waals surface area contributed by atoms with Crippen molar-refractivity contribution >= 4 is 26.5 Å². The van der Waals surface area contributed by atoms with Crippen LogP contribution in [0.25, 0.3) is 0 Å². The van der Waals surface area contributed by atoms with E-state index in [1.165, 1.54) is 7.11 Å². The number of aromatic nitrogens is 1. The van der Waals surface area contributed by atoms with Crippen molar-refractivity contribution in [3.05, 3.63) is 36.0 Å². The van der Waals surface area contributed by atoms with Crippen molar-refractivity contribution in [1.82, 2.24) is 4.98 Å². The molecule has 0 aliphatic carbocycles. The minimum absolute atomic E-state index is 0.148. The molecule has 0 spiro atoms. The molecule has 10 nitrogen and oxygen atoms in total. The van der Waals surface area contributed by atoms with E-state index >= 15 is 0 Å². The first-order chi connectivity index (χ1) is 23.4. The number of hydrogen-bond donors (Lipinski definition) is 0. The van der Waals surface area contributed by atoms with Crippen LogP contribution in [0.2, 0.25) is 36.3 Å². The highest BCUT2D eigenvalue weighted by Gasteiger charge is 2.52. The van der Waals surface area contributed by atoms with Gasteiger partial charge in [0.1, 0.15) is 8.07 Å². The summed E-state index contributed by atoms with van der Waals surface area (Å²) in [6, 6.07) is 0. The predicted molar refractivity (Wildman–Crippen MR) is 196 cm³/mol. The molecule has 292 valence electrons. The summed E-state index contributed by atoms with van der Waals surface area (Å²) >= 11 is 0. The minimum Gasteiger partial charge on any atom is -0.445 e. The van der Waals surface area contributed by atoms with Gasteiger partial charge in [-0.25, -0.2) is 0 Å². The van der Waals surface area contributed by atoms with Crippen LogP contribution in [0, 0.1) is 11.5 Å². The Kier molecular flexibility index (Phi) is 16.3. The summed E-state index contributed by atoms with van der Waals surface area (Å²) in [5.74, 6) is 0.849. The molecule has 0 radical (unpaired) electrons. The van der Waals surface area contributed by atoms with E-state index < -0.39 is 55.9 Å². The predicted octanol–water partition coefficient (Wildman–Crippen LogP) is 8.33. The quantitative estimate of drug-likeness (QED) is 0.0503. The molecule has 0 bridgehead atoms. The van der Waals surface area contributed by atoms with Gasteiger partial charge >= 0.3 is 15.6 Å². The number of hydrogen-bond acceptors (Lipinski definition) is 10. The molecule has 0 amide bonds. The first-order valence-electron chi connectivity index (χ1n) is 17.2. The fraction of sp³-hybridized carbons (Fsp3) is 0.743. The third-order valence-electron chi connectivity index (χ3n) is 9.02. The van der Waals surface area contributed by atoms with Gasteiger partial charge in [0.25, 0.3) is 5.88 Å². The lowest BCUT2D eigenvalue weighted by atomic mass is 9.92. The van der Waals surface area contributed by atoms with Crippen molar-refractivity contribution < 1.29 is 53.6 Å². The van der Waals surface area contributed by atoms with Crippen LogP contribution >= 0.6 is 0 Å². The van der Waals surface area contributed by atoms with Gasteiger partial charge in [-0.1, -0.05) is 85.0 Å². The molecule has 2 heterocycles. The van der Waals surface area contributed by atoms with E-state index in [1.807, 2.05) is 25.2 Å². The molecule has 2 rings (SSSR count). The fourth-order valence-electron chi connectivity index (χ4n) is 6.64. The van der Waals surface area contributed by atoms with Crippen LogP contribution in [0.15, 0.2) is 34.5 Å². The molecule has 1 aliphatic rings. The minimum atomic E-state index is -5.94. The summed E-state index contributed by atoms with van der Waals surface area (Å²) in [6.07, 6.45) is 6.09. The zero-order chi connectivity index (χ0) is 39.0. The molecule has 51 heavy (non-hydrogen) atoms. The second-order valence-electron chi connectivity index (χ2n) is 15.0. The maximum absolute atomic E-state index is 12.9. The highest BCUT2D eigenvalue weighted by atomic mass is 32.2. The van der Waals surface area contributed by atoms with Crippen LogP contribution in [-0.2, 0) is 39.9 Å². The maximum atomic E-state index is 12.9. The van der Waals surface area contributed by atoms with E-state index in [0.29, 0.717) is 19.1 Å². The SMILES string of the molecule is CO[C@@H]1C[C@H]([C@@H](C=C(C)C=C[C@@H](CC#C[Si](C)(C)C)OC)O[Si](C(C)C)(C(C)C)C(C)C)O[C@@](Cc2nc(OS(=O)(=O)C(F)(F)F)co2)(OC)C1. The first kappa shape index (κ1) is 45.2. The zero-order valence-electron chi connectivity index (χ0n) is 32.3. The monoisotopic (exact) mass is 781 g/mol. The maximum Gasteiger partial charge on any atom is 0.534 e. The van der Waals surface area contributed by atoms with Gasteiger partial charge in [0.15, 0.2) is 12.1 Å². The number of nitrogens with zero attached hydrogens (tertiary/aromatic N) is 1. The lowest BCUT2D eigenvalue weighted by Gasteiger charge is -2.49. The standard InChI is InChI=1S/C35H58F3NO9SSi2/c1-24(2)51(25(3)4,26(5)6)48-31(19-27(7)16-17-28(42-8)15-14-18-50(11,12)13)30-20-29(43-9)21-34(44-10,46-30)22-32-39-33(23-45-32)47-49(40,41)35(36,37)38/h16-17,19,23-26,28-31H,15,20-22H2,1-13H3/t28-,29-,30-,31-,34+/m1/s1. The second kappa shape index (κ2) is 18.4. The Hall–Kier alpha value is -1.98. The number of oxazole rings is 1. The largest absolute Gasteiger partial charge is 0.534 e. The van der Waals surface area contributed by atoms with E-state index in [1.54, 1.807) is 14.2 Å². The number of rotatable bonds is 17. The Labute approximate surface area is 305 Å². The van der Waals surface area contributed by atoms with Crippen LogP contribution in [0.5, 0.6) is 5.88 Å². The van der Waals surface area contributed by atoms with Crippen LogP contribution in [0.4, 0.5) is 13.2 Å². The van der Waals surface area contributed by atoms with Gasteiger partial charge in [-0.2, -0.15) is 26.6 Å². The summed E-state index contributed by atoms with van der Waals surface area (Å²) in [4.78, 5) is 3.84. The van der Waals surface area contributed by atoms with Gasteiger partial charge in [0.05, 0.1) is 30.8 Å². The molecule has 5 atom stereocenters. The van der Waals surface area contributed by atoms with Crippen molar-refractivity contribution in [3.63, 3.8) is 0 Å². The zero-order valence-corrected chi connectivity index (χ0v) is 35.2. The lowest BCUT2D eigenvalue weighted by molar-refractivity contribution is -0.297. The van der Waals surface area contributed by atoms with E-state index in [9.17, 15) is 21.6 Å². The van der Waals surface area contributed by atoms with Crippen molar-refractivity contribution in [3.8, 4) is 17.3 Å². The van der Waals surface area contributed by atoms with Crippen LogP contribution in [0.3, 0.4) is 0 Å². The van der Waals surface area contributed by atoms with E-state index in [2.05, 4.69) is 81.8 Å². The molecule has 1 saturated heterocycles. The molecule has 1 aromatic heterocycles. The normalized spacial score (nSPS) is 22.5. The smallest absolute Gasteiger partial charge is 0.445 e. The molecule has 0 N–H and O–H groups in total. The molecule has 0 saturated carbocycles. The molecule has 0 aromatic carbocycles. The number of alkyl halides is 3. The number of halogens is 3. The van der Waals surface area contributed by atoms with Gasteiger partial charge in [-0.05, 0) is 23.5 Å². The third kappa shape index (κ3) is 12.6. The van der Waals surface area contributed by atoms with Crippen molar-refractivity contribution in [2.24, 2.45) is 0 Å². The molecular formula is C35H58F3NO9SSi2. The van der Waals surface area contributed by atoms with Gasteiger partial charge in [0.2, 0.25) is 14.2 Å². The summed E-state index contributed by atoms with van der Waals surface area (Å²) < 4.78 is 103. The summed E-state index contributed by atoms with van der Waals surface area (Å²) in [6.45, 7) is 21.8. The molecule has 16 heteroatoms. The van der Waals surface area contributed by atoms with Crippen molar-refractivity contribution in [2.45, 2.75) is 146 Å². The Morgan fingerprint density at radius 1 is 1.10 bits per heavy atom. The molecule has 1 aliphatic heterocycles. The second-order valence-corrected chi connectivity index (χ2v) is 26.7. The average molecular weight is 782 g/mol. The van der Waals surface area contributed by atoms with Gasteiger partial charge in [0, 0.05) is 40.6 Å². The molecule has 1 fully saturated rings. The van der Waals surface area contributed by atoms with E-state index in [-0.39, 0.29) is 47.6 Å². The van der Waals surface area contributed by atoms with E-state index in [0.717, 1.165) is 5.57 Å². The third-order valence-corrected chi connectivity index (χ3v) is 17.0.